The number of nitrogens with two attached hydrogens (primary N) is 1. The van der Waals surface area contributed by atoms with Crippen molar-refractivity contribution in [3.63, 3.8) is 0 Å². The van der Waals surface area contributed by atoms with Crippen molar-refractivity contribution < 1.29 is 9.90 Å². The lowest BCUT2D eigenvalue weighted by atomic mass is 10.5. The number of carbonyl (C=O) groups is 1. The summed E-state index contributed by atoms with van der Waals surface area (Å²) in [4.78, 5) is 10.4. The highest BCUT2D eigenvalue weighted by atomic mass is 32.2. The maximum atomic E-state index is 10.4. The van der Waals surface area contributed by atoms with Gasteiger partial charge in [0.25, 0.3) is 0 Å². The SMILES string of the molecule is CC(SCCCO)C(N)=O. The summed E-state index contributed by atoms with van der Waals surface area (Å²) in [5.74, 6) is 0.503. The molecule has 60 valence electrons. The lowest BCUT2D eigenvalue weighted by Crippen LogP contribution is -2.22. The average Bonchev–Trinajstić information content (AvgIpc) is 1.88. The highest BCUT2D eigenvalue weighted by molar-refractivity contribution is 8.00. The van der Waals surface area contributed by atoms with E-state index in [2.05, 4.69) is 0 Å². The average molecular weight is 163 g/mol. The maximum Gasteiger partial charge on any atom is 0.230 e. The third-order valence-electron chi connectivity index (χ3n) is 1.07. The van der Waals surface area contributed by atoms with E-state index in [-0.39, 0.29) is 17.8 Å². The van der Waals surface area contributed by atoms with Crippen molar-refractivity contribution in [1.82, 2.24) is 0 Å². The minimum Gasteiger partial charge on any atom is -0.396 e. The van der Waals surface area contributed by atoms with Gasteiger partial charge in [0.1, 0.15) is 0 Å². The van der Waals surface area contributed by atoms with Gasteiger partial charge in [0.15, 0.2) is 0 Å². The van der Waals surface area contributed by atoms with Crippen LogP contribution in [0, 0.1) is 0 Å². The molecule has 0 aliphatic heterocycles. The van der Waals surface area contributed by atoms with Crippen LogP contribution in [0.4, 0.5) is 0 Å². The van der Waals surface area contributed by atoms with Gasteiger partial charge in [-0.2, -0.15) is 0 Å². The number of aliphatic hydroxyl groups is 1. The first-order valence-corrected chi connectivity index (χ1v) is 4.25. The summed E-state index contributed by atoms with van der Waals surface area (Å²) in [6.07, 6.45) is 0.724. The van der Waals surface area contributed by atoms with Crippen molar-refractivity contribution in [2.45, 2.75) is 18.6 Å². The van der Waals surface area contributed by atoms with Gasteiger partial charge >= 0.3 is 0 Å². The maximum absolute atomic E-state index is 10.4. The molecule has 3 N–H and O–H groups in total. The molecule has 0 heterocycles. The summed E-state index contributed by atoms with van der Waals surface area (Å²) in [5, 5.41) is 8.26. The molecule has 0 bridgehead atoms. The van der Waals surface area contributed by atoms with Crippen LogP contribution in [0.25, 0.3) is 0 Å². The first-order valence-electron chi connectivity index (χ1n) is 3.20. The molecular formula is C6H13NO2S. The van der Waals surface area contributed by atoms with Gasteiger partial charge in [-0.25, -0.2) is 0 Å². The molecular weight excluding hydrogens is 150 g/mol. The van der Waals surface area contributed by atoms with Crippen LogP contribution in [-0.4, -0.2) is 28.6 Å². The third kappa shape index (κ3) is 4.64. The first-order chi connectivity index (χ1) is 4.68. The molecule has 4 heteroatoms. The molecule has 1 unspecified atom stereocenters. The Hall–Kier alpha value is -0.220. The van der Waals surface area contributed by atoms with Crippen molar-refractivity contribution in [3.8, 4) is 0 Å². The number of amides is 1. The third-order valence-corrected chi connectivity index (χ3v) is 2.33. The van der Waals surface area contributed by atoms with Crippen LogP contribution in [-0.2, 0) is 4.79 Å². The molecule has 1 atom stereocenters. The van der Waals surface area contributed by atoms with Gasteiger partial charge in [0.05, 0.1) is 5.25 Å². The summed E-state index contributed by atoms with van der Waals surface area (Å²) < 4.78 is 0. The summed E-state index contributed by atoms with van der Waals surface area (Å²) in [6, 6.07) is 0. The van der Waals surface area contributed by atoms with E-state index in [9.17, 15) is 4.79 Å². The van der Waals surface area contributed by atoms with Gasteiger partial charge in [0, 0.05) is 6.61 Å². The molecule has 0 aromatic heterocycles. The quantitative estimate of drug-likeness (QED) is 0.560. The van der Waals surface area contributed by atoms with Crippen LogP contribution >= 0.6 is 11.8 Å². The van der Waals surface area contributed by atoms with Gasteiger partial charge < -0.3 is 10.8 Å². The Kier molecular flexibility index (Phi) is 5.43. The second kappa shape index (κ2) is 5.56. The monoisotopic (exact) mass is 163 g/mol. The summed E-state index contributed by atoms with van der Waals surface area (Å²) in [7, 11) is 0. The Balaban J connectivity index is 3.21. The van der Waals surface area contributed by atoms with Crippen LogP contribution in [0.15, 0.2) is 0 Å². The molecule has 3 nitrogen and oxygen atoms in total. The molecule has 0 fully saturated rings. The van der Waals surface area contributed by atoms with Crippen molar-refractivity contribution >= 4 is 17.7 Å². The smallest absolute Gasteiger partial charge is 0.230 e. The molecule has 0 aromatic carbocycles. The van der Waals surface area contributed by atoms with Crippen LogP contribution < -0.4 is 5.73 Å². The van der Waals surface area contributed by atoms with Gasteiger partial charge in [-0.15, -0.1) is 11.8 Å². The highest BCUT2D eigenvalue weighted by Gasteiger charge is 2.06. The Morgan fingerprint density at radius 3 is 2.80 bits per heavy atom. The molecule has 0 aliphatic carbocycles. The number of hydrogen-bond acceptors (Lipinski definition) is 3. The van der Waals surface area contributed by atoms with Gasteiger partial charge in [0.2, 0.25) is 5.91 Å². The molecule has 0 rings (SSSR count). The van der Waals surface area contributed by atoms with Crippen LogP contribution in [0.2, 0.25) is 0 Å². The topological polar surface area (TPSA) is 63.3 Å². The number of aliphatic hydroxyl groups excluding tert-OH is 1. The normalized spacial score (nSPS) is 13.0. The van der Waals surface area contributed by atoms with E-state index in [1.54, 1.807) is 6.92 Å². The summed E-state index contributed by atoms with van der Waals surface area (Å²) >= 11 is 1.47. The zero-order valence-electron chi connectivity index (χ0n) is 6.04. The fourth-order valence-electron chi connectivity index (χ4n) is 0.407. The van der Waals surface area contributed by atoms with E-state index >= 15 is 0 Å². The van der Waals surface area contributed by atoms with E-state index in [0.29, 0.717) is 0 Å². The lowest BCUT2D eigenvalue weighted by molar-refractivity contribution is -0.117. The number of carbonyl (C=O) groups excluding carboxylic acids is 1. The van der Waals surface area contributed by atoms with E-state index < -0.39 is 0 Å². The van der Waals surface area contributed by atoms with Crippen molar-refractivity contribution in [1.29, 1.82) is 0 Å². The number of primary amides is 1. The van der Waals surface area contributed by atoms with Crippen molar-refractivity contribution in [3.05, 3.63) is 0 Å². The van der Waals surface area contributed by atoms with Gasteiger partial charge in [-0.1, -0.05) is 0 Å². The van der Waals surface area contributed by atoms with Gasteiger partial charge in [-0.3, -0.25) is 4.79 Å². The Morgan fingerprint density at radius 2 is 2.40 bits per heavy atom. The molecule has 0 aliphatic rings. The summed E-state index contributed by atoms with van der Waals surface area (Å²) in [6.45, 7) is 1.95. The highest BCUT2D eigenvalue weighted by Crippen LogP contribution is 2.09. The minimum atomic E-state index is -0.289. The molecule has 10 heavy (non-hydrogen) atoms. The number of hydrogen-bond donors (Lipinski definition) is 2. The second-order valence-electron chi connectivity index (χ2n) is 1.99. The Labute approximate surface area is 65.0 Å². The Morgan fingerprint density at radius 1 is 1.80 bits per heavy atom. The molecule has 0 spiro atoms. The largest absolute Gasteiger partial charge is 0.396 e. The van der Waals surface area contributed by atoms with Crippen LogP contribution in [0.1, 0.15) is 13.3 Å². The number of rotatable bonds is 5. The zero-order valence-corrected chi connectivity index (χ0v) is 6.86. The fourth-order valence-corrected chi connectivity index (χ4v) is 1.22. The molecule has 0 saturated carbocycles. The van der Waals surface area contributed by atoms with E-state index in [0.717, 1.165) is 12.2 Å². The van der Waals surface area contributed by atoms with Crippen LogP contribution in [0.3, 0.4) is 0 Å². The van der Waals surface area contributed by atoms with E-state index in [4.69, 9.17) is 10.8 Å². The van der Waals surface area contributed by atoms with Crippen molar-refractivity contribution in [2.75, 3.05) is 12.4 Å². The second-order valence-corrected chi connectivity index (χ2v) is 3.44. The zero-order chi connectivity index (χ0) is 7.98. The van der Waals surface area contributed by atoms with Gasteiger partial charge in [-0.05, 0) is 19.1 Å². The minimum absolute atomic E-state index is 0.133. The fraction of sp³-hybridized carbons (Fsp3) is 0.833. The van der Waals surface area contributed by atoms with Crippen molar-refractivity contribution in [2.24, 2.45) is 5.73 Å². The summed E-state index contributed by atoms with van der Waals surface area (Å²) in [5.41, 5.74) is 5.00. The van der Waals surface area contributed by atoms with Crippen LogP contribution in [0.5, 0.6) is 0 Å². The predicted octanol–water partition coefficient (Wildman–Crippen LogP) is -0.0242. The number of thioether (sulfide) groups is 1. The Bertz CT molecular complexity index is 108. The predicted molar refractivity (Wildman–Crippen MR) is 42.8 cm³/mol. The molecule has 0 radical (unpaired) electrons. The van der Waals surface area contributed by atoms with E-state index in [1.165, 1.54) is 11.8 Å². The van der Waals surface area contributed by atoms with E-state index in [1.807, 2.05) is 0 Å². The lowest BCUT2D eigenvalue weighted by Gasteiger charge is -2.04. The molecule has 0 saturated heterocycles. The first kappa shape index (κ1) is 9.78. The standard InChI is InChI=1S/C6H13NO2S/c1-5(6(7)9)10-4-2-3-8/h5,8H,2-4H2,1H3,(H2,7,9). The molecule has 1 amide bonds. The molecule has 0 aromatic rings.